The zero-order valence-electron chi connectivity index (χ0n) is 9.97. The van der Waals surface area contributed by atoms with E-state index in [-0.39, 0.29) is 0 Å². The first-order valence-electron chi connectivity index (χ1n) is 5.62. The molecule has 2 aromatic rings. The largest absolute Gasteiger partial charge is 0.337 e. The first-order chi connectivity index (χ1) is 8.29. The van der Waals surface area contributed by atoms with E-state index in [1.165, 1.54) is 0 Å². The molecule has 1 N–H and O–H groups in total. The van der Waals surface area contributed by atoms with Gasteiger partial charge in [-0.05, 0) is 25.5 Å². The van der Waals surface area contributed by atoms with Gasteiger partial charge in [0.2, 0.25) is 17.5 Å². The van der Waals surface area contributed by atoms with E-state index in [0.29, 0.717) is 24.1 Å². The predicted octanol–water partition coefficient (Wildman–Crippen LogP) is 1.33. The van der Waals surface area contributed by atoms with Crippen molar-refractivity contribution < 1.29 is 4.52 Å². The second kappa shape index (κ2) is 5.49. The van der Waals surface area contributed by atoms with Crippen molar-refractivity contribution in [2.75, 3.05) is 6.54 Å². The van der Waals surface area contributed by atoms with E-state index in [2.05, 4.69) is 32.3 Å². The molecule has 0 bridgehead atoms. The van der Waals surface area contributed by atoms with Gasteiger partial charge in [-0.2, -0.15) is 4.98 Å². The van der Waals surface area contributed by atoms with Crippen molar-refractivity contribution in [3.05, 3.63) is 23.8 Å². The maximum absolute atomic E-state index is 5.09. The molecule has 0 saturated carbocycles. The smallest absolute Gasteiger partial charge is 0.241 e. The van der Waals surface area contributed by atoms with Crippen LogP contribution < -0.4 is 5.32 Å². The number of hydrogen-bond donors (Lipinski definition) is 1. The van der Waals surface area contributed by atoms with Gasteiger partial charge in [0.05, 0.1) is 6.54 Å². The molecule has 2 aromatic heterocycles. The summed E-state index contributed by atoms with van der Waals surface area (Å²) in [7, 11) is 0. The molecule has 0 radical (unpaired) electrons. The highest BCUT2D eigenvalue weighted by Gasteiger charge is 2.10. The third kappa shape index (κ3) is 3.07. The van der Waals surface area contributed by atoms with Crippen molar-refractivity contribution in [2.24, 2.45) is 0 Å². The van der Waals surface area contributed by atoms with Gasteiger partial charge in [0.15, 0.2) is 0 Å². The van der Waals surface area contributed by atoms with Gasteiger partial charge in [0.1, 0.15) is 0 Å². The highest BCUT2D eigenvalue weighted by atomic mass is 16.5. The van der Waals surface area contributed by atoms with Crippen molar-refractivity contribution in [1.82, 2.24) is 25.4 Å². The van der Waals surface area contributed by atoms with Crippen molar-refractivity contribution >= 4 is 0 Å². The van der Waals surface area contributed by atoms with Crippen LogP contribution in [0.2, 0.25) is 0 Å². The van der Waals surface area contributed by atoms with Crippen molar-refractivity contribution in [1.29, 1.82) is 0 Å². The van der Waals surface area contributed by atoms with Crippen LogP contribution in [0.15, 0.2) is 16.9 Å². The molecule has 0 aromatic carbocycles. The fourth-order valence-corrected chi connectivity index (χ4v) is 1.30. The van der Waals surface area contributed by atoms with Crippen molar-refractivity contribution in [3.63, 3.8) is 0 Å². The fraction of sp³-hybridized carbons (Fsp3) is 0.455. The average Bonchev–Trinajstić information content (AvgIpc) is 2.79. The standard InChI is InChI=1S/C11H15N5O/c1-3-4-12-7-9-15-11(16-17-9)10-13-5-8(2)6-14-10/h5-6,12H,3-4,7H2,1-2H3. The minimum atomic E-state index is 0.429. The van der Waals surface area contributed by atoms with Crippen LogP contribution in [0.3, 0.4) is 0 Å². The lowest BCUT2D eigenvalue weighted by molar-refractivity contribution is 0.368. The van der Waals surface area contributed by atoms with E-state index in [0.717, 1.165) is 18.5 Å². The van der Waals surface area contributed by atoms with Crippen LogP contribution in [0.25, 0.3) is 11.6 Å². The van der Waals surface area contributed by atoms with Crippen LogP contribution in [0.1, 0.15) is 24.8 Å². The first kappa shape index (κ1) is 11.7. The zero-order valence-corrected chi connectivity index (χ0v) is 9.97. The Kier molecular flexibility index (Phi) is 3.77. The molecule has 0 aliphatic heterocycles. The molecule has 6 nitrogen and oxygen atoms in total. The molecule has 0 atom stereocenters. The summed E-state index contributed by atoms with van der Waals surface area (Å²) in [6, 6.07) is 0. The third-order valence-corrected chi connectivity index (χ3v) is 2.15. The molecule has 6 heteroatoms. The number of hydrogen-bond acceptors (Lipinski definition) is 6. The summed E-state index contributed by atoms with van der Waals surface area (Å²) in [6.07, 6.45) is 4.53. The second-order valence-corrected chi connectivity index (χ2v) is 3.77. The quantitative estimate of drug-likeness (QED) is 0.785. The summed E-state index contributed by atoms with van der Waals surface area (Å²) in [5.74, 6) is 1.47. The summed E-state index contributed by atoms with van der Waals surface area (Å²) in [5, 5.41) is 7.03. The third-order valence-electron chi connectivity index (χ3n) is 2.15. The normalized spacial score (nSPS) is 10.7. The molecule has 2 rings (SSSR count). The Balaban J connectivity index is 2.04. The van der Waals surface area contributed by atoms with Crippen LogP contribution in [-0.4, -0.2) is 26.7 Å². The maximum atomic E-state index is 5.09. The molecule has 0 aliphatic rings. The summed E-state index contributed by atoms with van der Waals surface area (Å²) >= 11 is 0. The minimum Gasteiger partial charge on any atom is -0.337 e. The van der Waals surface area contributed by atoms with Crippen LogP contribution in [0, 0.1) is 6.92 Å². The topological polar surface area (TPSA) is 76.7 Å². The Morgan fingerprint density at radius 3 is 2.71 bits per heavy atom. The van der Waals surface area contributed by atoms with Crippen LogP contribution >= 0.6 is 0 Å². The van der Waals surface area contributed by atoms with Gasteiger partial charge < -0.3 is 9.84 Å². The molecule has 0 fully saturated rings. The summed E-state index contributed by atoms with van der Waals surface area (Å²) < 4.78 is 5.09. The maximum Gasteiger partial charge on any atom is 0.241 e. The summed E-state index contributed by atoms with van der Waals surface area (Å²) in [6.45, 7) is 5.54. The molecule has 90 valence electrons. The van der Waals surface area contributed by atoms with Gasteiger partial charge in [-0.3, -0.25) is 0 Å². The molecular weight excluding hydrogens is 218 g/mol. The number of nitrogens with zero attached hydrogens (tertiary/aromatic N) is 4. The van der Waals surface area contributed by atoms with Gasteiger partial charge in [0, 0.05) is 12.4 Å². The number of nitrogens with one attached hydrogen (secondary N) is 1. The van der Waals surface area contributed by atoms with Crippen LogP contribution in [-0.2, 0) is 6.54 Å². The fourth-order valence-electron chi connectivity index (χ4n) is 1.30. The molecule has 0 amide bonds. The number of aromatic nitrogens is 4. The Labute approximate surface area is 99.5 Å². The Morgan fingerprint density at radius 2 is 2.00 bits per heavy atom. The zero-order chi connectivity index (χ0) is 12.1. The molecule has 0 aliphatic carbocycles. The number of rotatable bonds is 5. The number of aryl methyl sites for hydroxylation is 1. The summed E-state index contributed by atoms with van der Waals surface area (Å²) in [5.41, 5.74) is 1.00. The van der Waals surface area contributed by atoms with Crippen LogP contribution in [0.4, 0.5) is 0 Å². The Hall–Kier alpha value is -1.82. The molecule has 0 spiro atoms. The van der Waals surface area contributed by atoms with E-state index in [1.54, 1.807) is 12.4 Å². The SMILES string of the molecule is CCCNCc1nc(-c2ncc(C)cn2)no1. The Bertz CT molecular complexity index is 465. The Morgan fingerprint density at radius 1 is 1.24 bits per heavy atom. The lowest BCUT2D eigenvalue weighted by atomic mass is 10.4. The van der Waals surface area contributed by atoms with E-state index < -0.39 is 0 Å². The molecule has 17 heavy (non-hydrogen) atoms. The van der Waals surface area contributed by atoms with Gasteiger partial charge in [0.25, 0.3) is 0 Å². The predicted molar refractivity (Wildman–Crippen MR) is 62.1 cm³/mol. The van der Waals surface area contributed by atoms with Gasteiger partial charge in [-0.25, -0.2) is 9.97 Å². The van der Waals surface area contributed by atoms with E-state index in [1.807, 2.05) is 6.92 Å². The van der Waals surface area contributed by atoms with Gasteiger partial charge in [-0.15, -0.1) is 0 Å². The first-order valence-corrected chi connectivity index (χ1v) is 5.62. The monoisotopic (exact) mass is 233 g/mol. The molecule has 2 heterocycles. The van der Waals surface area contributed by atoms with E-state index >= 15 is 0 Å². The highest BCUT2D eigenvalue weighted by molar-refractivity contribution is 5.40. The van der Waals surface area contributed by atoms with E-state index in [9.17, 15) is 0 Å². The minimum absolute atomic E-state index is 0.429. The lowest BCUT2D eigenvalue weighted by Gasteiger charge is -1.95. The molecule has 0 unspecified atom stereocenters. The lowest BCUT2D eigenvalue weighted by Crippen LogP contribution is -2.13. The van der Waals surface area contributed by atoms with E-state index in [4.69, 9.17) is 4.52 Å². The van der Waals surface area contributed by atoms with Gasteiger partial charge >= 0.3 is 0 Å². The van der Waals surface area contributed by atoms with Gasteiger partial charge in [-0.1, -0.05) is 12.1 Å². The highest BCUT2D eigenvalue weighted by Crippen LogP contribution is 2.09. The molecular formula is C11H15N5O. The molecule has 0 saturated heterocycles. The van der Waals surface area contributed by atoms with Crippen molar-refractivity contribution in [2.45, 2.75) is 26.8 Å². The average molecular weight is 233 g/mol. The van der Waals surface area contributed by atoms with Crippen molar-refractivity contribution in [3.8, 4) is 11.6 Å². The second-order valence-electron chi connectivity index (χ2n) is 3.77. The van der Waals surface area contributed by atoms with Crippen LogP contribution in [0.5, 0.6) is 0 Å². The summed E-state index contributed by atoms with van der Waals surface area (Å²) in [4.78, 5) is 12.5.